The molecule has 0 bridgehead atoms. The molecular weight excluding hydrogens is 360 g/mol. The van der Waals surface area contributed by atoms with Crippen LogP contribution in [0.3, 0.4) is 0 Å². The molecular formula is C21H20N2O5. The van der Waals surface area contributed by atoms with Crippen molar-refractivity contribution in [2.75, 3.05) is 6.61 Å². The molecule has 0 aromatic heterocycles. The predicted molar refractivity (Wildman–Crippen MR) is 102 cm³/mol. The van der Waals surface area contributed by atoms with Gasteiger partial charge in [0.25, 0.3) is 5.69 Å². The molecule has 2 aromatic carbocycles. The van der Waals surface area contributed by atoms with E-state index in [0.717, 1.165) is 5.56 Å². The molecule has 0 saturated heterocycles. The number of nitro groups is 1. The molecule has 0 aliphatic carbocycles. The van der Waals surface area contributed by atoms with Crippen LogP contribution in [-0.2, 0) is 20.7 Å². The summed E-state index contributed by atoms with van der Waals surface area (Å²) in [7, 11) is 0. The van der Waals surface area contributed by atoms with E-state index in [0.29, 0.717) is 17.7 Å². The zero-order chi connectivity index (χ0) is 20.1. The van der Waals surface area contributed by atoms with Crippen LogP contribution in [-0.4, -0.2) is 23.4 Å². The fourth-order valence-corrected chi connectivity index (χ4v) is 3.37. The van der Waals surface area contributed by atoms with E-state index >= 15 is 0 Å². The Hall–Kier alpha value is -3.48. The molecule has 0 unspecified atom stereocenters. The zero-order valence-electron chi connectivity index (χ0n) is 15.4. The van der Waals surface area contributed by atoms with Gasteiger partial charge in [-0.25, -0.2) is 4.79 Å². The molecule has 7 nitrogen and oxygen atoms in total. The van der Waals surface area contributed by atoms with Crippen LogP contribution >= 0.6 is 0 Å². The van der Waals surface area contributed by atoms with E-state index in [-0.39, 0.29) is 30.2 Å². The minimum Gasteiger partial charge on any atom is -0.462 e. The Bertz CT molecular complexity index is 937. The molecule has 1 heterocycles. The van der Waals surface area contributed by atoms with Crippen molar-refractivity contribution in [2.24, 2.45) is 0 Å². The van der Waals surface area contributed by atoms with Crippen LogP contribution in [0.2, 0.25) is 0 Å². The number of carbonyl (C=O) groups is 2. The molecule has 144 valence electrons. The minimum atomic E-state index is -0.723. The van der Waals surface area contributed by atoms with Crippen molar-refractivity contribution < 1.29 is 19.2 Å². The Morgan fingerprint density at radius 3 is 2.57 bits per heavy atom. The molecule has 1 N–H and O–H groups in total. The summed E-state index contributed by atoms with van der Waals surface area (Å²) in [5, 5.41) is 14.0. The van der Waals surface area contributed by atoms with E-state index in [2.05, 4.69) is 5.32 Å². The fraction of sp³-hybridized carbons (Fsp3) is 0.238. The van der Waals surface area contributed by atoms with Gasteiger partial charge in [0.15, 0.2) is 0 Å². The van der Waals surface area contributed by atoms with Gasteiger partial charge in [0, 0.05) is 36.1 Å². The molecule has 1 amide bonds. The smallest absolute Gasteiger partial charge is 0.336 e. The highest BCUT2D eigenvalue weighted by atomic mass is 16.6. The fourth-order valence-electron chi connectivity index (χ4n) is 3.37. The van der Waals surface area contributed by atoms with Gasteiger partial charge in [-0.15, -0.1) is 0 Å². The summed E-state index contributed by atoms with van der Waals surface area (Å²) in [6.45, 7) is 1.78. The lowest BCUT2D eigenvalue weighted by Crippen LogP contribution is -2.34. The molecule has 1 atom stereocenters. The first-order valence-corrected chi connectivity index (χ1v) is 8.92. The number of hydrogen-bond donors (Lipinski definition) is 1. The van der Waals surface area contributed by atoms with E-state index in [1.807, 2.05) is 30.3 Å². The molecule has 1 aliphatic heterocycles. The van der Waals surface area contributed by atoms with E-state index in [1.54, 1.807) is 25.1 Å². The minimum absolute atomic E-state index is 0.0503. The number of nitrogens with one attached hydrogen (secondary N) is 1. The number of rotatable bonds is 6. The number of ether oxygens (including phenoxy) is 1. The number of carbonyl (C=O) groups excluding carboxylic acids is 2. The first-order chi connectivity index (χ1) is 13.5. The molecule has 0 saturated carbocycles. The lowest BCUT2D eigenvalue weighted by Gasteiger charge is -2.26. The number of amides is 1. The van der Waals surface area contributed by atoms with Crippen LogP contribution in [0.1, 0.15) is 30.4 Å². The van der Waals surface area contributed by atoms with Gasteiger partial charge in [-0.1, -0.05) is 48.5 Å². The topological polar surface area (TPSA) is 98.5 Å². The molecule has 0 radical (unpaired) electrons. The quantitative estimate of drug-likeness (QED) is 0.471. The van der Waals surface area contributed by atoms with Crippen LogP contribution in [0.4, 0.5) is 5.69 Å². The van der Waals surface area contributed by atoms with Crippen molar-refractivity contribution in [2.45, 2.75) is 25.7 Å². The van der Waals surface area contributed by atoms with Crippen LogP contribution in [0.15, 0.2) is 65.9 Å². The maximum atomic E-state index is 12.8. The Morgan fingerprint density at radius 2 is 1.86 bits per heavy atom. The Morgan fingerprint density at radius 1 is 1.18 bits per heavy atom. The van der Waals surface area contributed by atoms with E-state index in [9.17, 15) is 19.7 Å². The lowest BCUT2D eigenvalue weighted by atomic mass is 9.83. The van der Waals surface area contributed by atoms with Gasteiger partial charge in [-0.2, -0.15) is 0 Å². The van der Waals surface area contributed by atoms with Crippen LogP contribution in [0, 0.1) is 10.1 Å². The highest BCUT2D eigenvalue weighted by Gasteiger charge is 2.36. The number of nitrogens with zero attached hydrogens (tertiary/aromatic N) is 1. The van der Waals surface area contributed by atoms with Gasteiger partial charge in [0.1, 0.15) is 0 Å². The summed E-state index contributed by atoms with van der Waals surface area (Å²) in [6.07, 6.45) is 0.507. The number of allylic oxidation sites excluding steroid dienone is 1. The van der Waals surface area contributed by atoms with E-state index in [4.69, 9.17) is 4.74 Å². The first-order valence-electron chi connectivity index (χ1n) is 8.92. The van der Waals surface area contributed by atoms with Crippen LogP contribution in [0.25, 0.3) is 0 Å². The largest absolute Gasteiger partial charge is 0.462 e. The third-order valence-electron chi connectivity index (χ3n) is 4.66. The summed E-state index contributed by atoms with van der Waals surface area (Å²) in [4.78, 5) is 35.7. The first kappa shape index (κ1) is 19.3. The number of esters is 1. The third kappa shape index (κ3) is 4.25. The van der Waals surface area contributed by atoms with Gasteiger partial charge in [0.05, 0.1) is 17.1 Å². The Balaban J connectivity index is 1.84. The zero-order valence-corrected chi connectivity index (χ0v) is 15.4. The summed E-state index contributed by atoms with van der Waals surface area (Å²) < 4.78 is 5.43. The second-order valence-corrected chi connectivity index (χ2v) is 6.53. The molecule has 3 rings (SSSR count). The third-order valence-corrected chi connectivity index (χ3v) is 4.66. The summed E-state index contributed by atoms with van der Waals surface area (Å²) in [5.74, 6) is -1.59. The SMILES string of the molecule is CC1=C(C(=O)OCCc2ccccc2)[C@H](c2ccccc2[N+](=O)[O-])CC(=O)N1. The van der Waals surface area contributed by atoms with Gasteiger partial charge in [-0.3, -0.25) is 14.9 Å². The predicted octanol–water partition coefficient (Wildman–Crippen LogP) is 3.26. The highest BCUT2D eigenvalue weighted by Crippen LogP contribution is 2.37. The number of hydrogen-bond acceptors (Lipinski definition) is 5. The van der Waals surface area contributed by atoms with Gasteiger partial charge in [0.2, 0.25) is 5.91 Å². The van der Waals surface area contributed by atoms with Gasteiger partial charge >= 0.3 is 5.97 Å². The Labute approximate surface area is 162 Å². The standard InChI is InChI=1S/C21H20N2O5/c1-14-20(21(25)28-12-11-15-7-3-2-4-8-15)17(13-19(24)22-14)16-9-5-6-10-18(16)23(26)27/h2-10,17H,11-13H2,1H3,(H,22,24)/t17-/m0/s1. The molecule has 0 spiro atoms. The van der Waals surface area contributed by atoms with Crippen molar-refractivity contribution in [3.63, 3.8) is 0 Å². The van der Waals surface area contributed by atoms with Gasteiger partial charge in [-0.05, 0) is 12.5 Å². The highest BCUT2D eigenvalue weighted by molar-refractivity contribution is 5.96. The number of benzene rings is 2. The van der Waals surface area contributed by atoms with Crippen LogP contribution in [0.5, 0.6) is 0 Å². The lowest BCUT2D eigenvalue weighted by molar-refractivity contribution is -0.385. The Kier molecular flexibility index (Phi) is 5.84. The number of para-hydroxylation sites is 1. The average Bonchev–Trinajstić information content (AvgIpc) is 2.68. The second-order valence-electron chi connectivity index (χ2n) is 6.53. The normalized spacial score (nSPS) is 16.5. The summed E-state index contributed by atoms with van der Waals surface area (Å²) >= 11 is 0. The van der Waals surface area contributed by atoms with E-state index in [1.165, 1.54) is 6.07 Å². The molecule has 1 aliphatic rings. The van der Waals surface area contributed by atoms with E-state index < -0.39 is 16.8 Å². The molecule has 7 heteroatoms. The van der Waals surface area contributed by atoms with Crippen molar-refractivity contribution in [1.29, 1.82) is 0 Å². The summed E-state index contributed by atoms with van der Waals surface area (Å²) in [5.41, 5.74) is 1.86. The monoisotopic (exact) mass is 380 g/mol. The molecule has 28 heavy (non-hydrogen) atoms. The van der Waals surface area contributed by atoms with Crippen molar-refractivity contribution >= 4 is 17.6 Å². The number of nitro benzene ring substituents is 1. The average molecular weight is 380 g/mol. The maximum absolute atomic E-state index is 12.8. The summed E-state index contributed by atoms with van der Waals surface area (Å²) in [6, 6.07) is 15.8. The van der Waals surface area contributed by atoms with Crippen LogP contribution < -0.4 is 5.32 Å². The van der Waals surface area contributed by atoms with Crippen molar-refractivity contribution in [1.82, 2.24) is 5.32 Å². The molecule has 2 aromatic rings. The second kappa shape index (κ2) is 8.47. The maximum Gasteiger partial charge on any atom is 0.336 e. The van der Waals surface area contributed by atoms with Crippen molar-refractivity contribution in [3.05, 3.63) is 87.1 Å². The van der Waals surface area contributed by atoms with Gasteiger partial charge < -0.3 is 10.1 Å². The van der Waals surface area contributed by atoms with Crippen molar-refractivity contribution in [3.8, 4) is 0 Å². The molecule has 0 fully saturated rings.